The number of rotatable bonds is 8. The fourth-order valence-electron chi connectivity index (χ4n) is 6.24. The molecule has 3 heterocycles. The van der Waals surface area contributed by atoms with Gasteiger partial charge in [-0.2, -0.15) is 0 Å². The minimum atomic E-state index is -0.815. The summed E-state index contributed by atoms with van der Waals surface area (Å²) in [5.41, 5.74) is 8.35. The van der Waals surface area contributed by atoms with Crippen LogP contribution in [0.5, 0.6) is 0 Å². The van der Waals surface area contributed by atoms with Crippen molar-refractivity contribution >= 4 is 23.2 Å². The van der Waals surface area contributed by atoms with Gasteiger partial charge in [-0.1, -0.05) is 29.8 Å². The molecule has 1 amide bonds. The van der Waals surface area contributed by atoms with Crippen molar-refractivity contribution in [2.45, 2.75) is 62.2 Å². The Hall–Kier alpha value is -2.07. The Morgan fingerprint density at radius 1 is 1.10 bits per heavy atom. The molecule has 9 heteroatoms. The van der Waals surface area contributed by atoms with E-state index in [0.717, 1.165) is 44.3 Å². The number of halogens is 2. The van der Waals surface area contributed by atoms with Gasteiger partial charge in [0.05, 0.1) is 17.7 Å². The lowest BCUT2D eigenvalue weighted by molar-refractivity contribution is -0.160. The second-order valence-electron chi connectivity index (χ2n) is 11.0. The number of nitrogens with two attached hydrogens (primary N) is 1. The Morgan fingerprint density at radius 2 is 1.82 bits per heavy atom. The first-order valence-electron chi connectivity index (χ1n) is 14.1. The van der Waals surface area contributed by atoms with Gasteiger partial charge in [-0.25, -0.2) is 4.39 Å². The molecule has 0 unspecified atom stereocenters. The fraction of sp³-hybridized carbons (Fsp3) is 0.567. The van der Waals surface area contributed by atoms with Crippen molar-refractivity contribution in [1.82, 2.24) is 5.32 Å². The van der Waals surface area contributed by atoms with E-state index in [1.54, 1.807) is 12.1 Å². The van der Waals surface area contributed by atoms with Crippen LogP contribution in [0, 0.1) is 11.7 Å². The third-order valence-corrected chi connectivity index (χ3v) is 8.70. The molecule has 5 rings (SSSR count). The van der Waals surface area contributed by atoms with Crippen molar-refractivity contribution in [2.75, 3.05) is 44.8 Å². The van der Waals surface area contributed by atoms with Gasteiger partial charge in [0.15, 0.2) is 0 Å². The van der Waals surface area contributed by atoms with E-state index >= 15 is 4.39 Å². The first kappa shape index (κ1) is 28.5. The first-order chi connectivity index (χ1) is 18.9. The van der Waals surface area contributed by atoms with E-state index in [9.17, 15) is 4.79 Å². The third-order valence-electron chi connectivity index (χ3n) is 8.45. The molecule has 2 aromatic carbocycles. The van der Waals surface area contributed by atoms with Crippen LogP contribution in [0.15, 0.2) is 42.5 Å². The van der Waals surface area contributed by atoms with Crippen LogP contribution in [0.2, 0.25) is 5.02 Å². The third kappa shape index (κ3) is 6.99. The second-order valence-corrected chi connectivity index (χ2v) is 11.4. The maximum atomic E-state index is 15.1. The summed E-state index contributed by atoms with van der Waals surface area (Å²) < 4.78 is 32.7. The van der Waals surface area contributed by atoms with Gasteiger partial charge in [0, 0.05) is 74.6 Å². The molecule has 3 fully saturated rings. The minimum Gasteiger partial charge on any atom is -0.381 e. The number of nitrogens with one attached hydrogen (secondary N) is 2. The van der Waals surface area contributed by atoms with Crippen LogP contribution in [-0.2, 0) is 25.4 Å². The smallest absolute Gasteiger partial charge is 0.241 e. The van der Waals surface area contributed by atoms with Crippen LogP contribution in [0.3, 0.4) is 0 Å². The van der Waals surface area contributed by atoms with E-state index in [2.05, 4.69) is 10.6 Å². The van der Waals surface area contributed by atoms with Gasteiger partial charge in [-0.05, 0) is 61.4 Å². The van der Waals surface area contributed by atoms with Crippen LogP contribution in [0.4, 0.5) is 10.1 Å². The van der Waals surface area contributed by atoms with E-state index in [4.69, 9.17) is 31.5 Å². The van der Waals surface area contributed by atoms with Gasteiger partial charge >= 0.3 is 0 Å². The van der Waals surface area contributed by atoms with E-state index in [0.29, 0.717) is 55.5 Å². The van der Waals surface area contributed by atoms with Gasteiger partial charge in [-0.3, -0.25) is 4.79 Å². The van der Waals surface area contributed by atoms with Gasteiger partial charge < -0.3 is 30.6 Å². The van der Waals surface area contributed by atoms with Crippen molar-refractivity contribution in [2.24, 2.45) is 11.7 Å². The molecule has 212 valence electrons. The summed E-state index contributed by atoms with van der Waals surface area (Å²) in [6.45, 7) is 4.21. The van der Waals surface area contributed by atoms with Crippen molar-refractivity contribution in [3.05, 3.63) is 64.4 Å². The summed E-state index contributed by atoms with van der Waals surface area (Å²) in [4.78, 5) is 13.5. The summed E-state index contributed by atoms with van der Waals surface area (Å²) in [5, 5.41) is 7.09. The highest BCUT2D eigenvalue weighted by molar-refractivity contribution is 6.30. The van der Waals surface area contributed by atoms with Gasteiger partial charge in [0.25, 0.3) is 0 Å². The molecule has 39 heavy (non-hydrogen) atoms. The standard InChI is InChI=1S/C30H39ClFN3O4/c31-22-6-4-20(5-7-22)27(21-10-14-37-15-11-21)28(33)29(36)35-26-3-1-2-25(32)24(26)9-8-23-18-34-19-30(39-23)12-16-38-17-13-30/h1-7,21,23,27-28,34H,8-19,33H2,(H,35,36)/t23-,27+,28+/m1/s1. The number of hydrogen-bond acceptors (Lipinski definition) is 6. The molecule has 0 aromatic heterocycles. The Labute approximate surface area is 234 Å². The van der Waals surface area contributed by atoms with Gasteiger partial charge in [0.2, 0.25) is 5.91 Å². The average molecular weight is 560 g/mol. The molecule has 1 spiro atoms. The van der Waals surface area contributed by atoms with Crippen LogP contribution in [0.25, 0.3) is 0 Å². The normalized spacial score (nSPS) is 23.3. The lowest BCUT2D eigenvalue weighted by Gasteiger charge is -2.44. The van der Waals surface area contributed by atoms with E-state index in [1.807, 2.05) is 24.3 Å². The summed E-state index contributed by atoms with van der Waals surface area (Å²) in [6.07, 6.45) is 4.41. The zero-order valence-electron chi connectivity index (χ0n) is 22.3. The number of carbonyl (C=O) groups is 1. The summed E-state index contributed by atoms with van der Waals surface area (Å²) in [6, 6.07) is 11.5. The summed E-state index contributed by atoms with van der Waals surface area (Å²) in [7, 11) is 0. The van der Waals surface area contributed by atoms with Crippen molar-refractivity contribution in [3.63, 3.8) is 0 Å². The monoisotopic (exact) mass is 559 g/mol. The molecule has 4 N–H and O–H groups in total. The van der Waals surface area contributed by atoms with Crippen LogP contribution in [0.1, 0.15) is 49.1 Å². The average Bonchev–Trinajstić information content (AvgIpc) is 2.95. The Bertz CT molecular complexity index is 1100. The molecule has 3 aliphatic rings. The molecular formula is C30H39ClFN3O4. The predicted octanol–water partition coefficient (Wildman–Crippen LogP) is 4.43. The van der Waals surface area contributed by atoms with E-state index < -0.39 is 6.04 Å². The number of carbonyl (C=O) groups excluding carboxylic acids is 1. The zero-order valence-corrected chi connectivity index (χ0v) is 23.1. The number of ether oxygens (including phenoxy) is 3. The van der Waals surface area contributed by atoms with Gasteiger partial charge in [0.1, 0.15) is 5.82 Å². The van der Waals surface area contributed by atoms with Crippen LogP contribution in [-0.4, -0.2) is 63.2 Å². The van der Waals surface area contributed by atoms with Crippen LogP contribution >= 0.6 is 11.6 Å². The van der Waals surface area contributed by atoms with E-state index in [-0.39, 0.29) is 35.3 Å². The lowest BCUT2D eigenvalue weighted by atomic mass is 9.76. The van der Waals surface area contributed by atoms with Crippen molar-refractivity contribution in [3.8, 4) is 0 Å². The van der Waals surface area contributed by atoms with Gasteiger partial charge in [-0.15, -0.1) is 0 Å². The number of anilines is 1. The minimum absolute atomic E-state index is 0.0370. The molecule has 3 saturated heterocycles. The van der Waals surface area contributed by atoms with Crippen molar-refractivity contribution in [1.29, 1.82) is 0 Å². The molecule has 0 radical (unpaired) electrons. The number of morpholine rings is 1. The molecule has 0 aliphatic carbocycles. The summed E-state index contributed by atoms with van der Waals surface area (Å²) >= 11 is 6.13. The molecular weight excluding hydrogens is 521 g/mol. The Kier molecular flexibility index (Phi) is 9.53. The second kappa shape index (κ2) is 13.1. The molecule has 2 aromatic rings. The highest BCUT2D eigenvalue weighted by Crippen LogP contribution is 2.36. The maximum absolute atomic E-state index is 15.1. The largest absolute Gasteiger partial charge is 0.381 e. The van der Waals surface area contributed by atoms with E-state index in [1.165, 1.54) is 6.07 Å². The van der Waals surface area contributed by atoms with Crippen LogP contribution < -0.4 is 16.4 Å². The maximum Gasteiger partial charge on any atom is 0.241 e. The quantitative estimate of drug-likeness (QED) is 0.443. The highest BCUT2D eigenvalue weighted by Gasteiger charge is 2.39. The highest BCUT2D eigenvalue weighted by atomic mass is 35.5. The number of benzene rings is 2. The van der Waals surface area contributed by atoms with Crippen molar-refractivity contribution < 1.29 is 23.4 Å². The lowest BCUT2D eigenvalue weighted by Crippen LogP contribution is -2.56. The number of hydrogen-bond donors (Lipinski definition) is 3. The Morgan fingerprint density at radius 3 is 2.56 bits per heavy atom. The summed E-state index contributed by atoms with van der Waals surface area (Å²) in [5.74, 6) is -0.684. The molecule has 3 aliphatic heterocycles. The molecule has 7 nitrogen and oxygen atoms in total. The zero-order chi connectivity index (χ0) is 27.2. The SMILES string of the molecule is N[C@H](C(=O)Nc1cccc(F)c1CC[C@@H]1CNCC2(CCOCC2)O1)[C@@H](c1ccc(Cl)cc1)C1CCOCC1. The predicted molar refractivity (Wildman–Crippen MR) is 150 cm³/mol. The fourth-order valence-corrected chi connectivity index (χ4v) is 6.37. The topological polar surface area (TPSA) is 94.8 Å². The Balaban J connectivity index is 1.28. The number of amides is 1. The molecule has 0 bridgehead atoms. The molecule has 3 atom stereocenters. The first-order valence-corrected chi connectivity index (χ1v) is 14.5. The molecule has 0 saturated carbocycles.